The summed E-state index contributed by atoms with van der Waals surface area (Å²) in [6.45, 7) is 8.54. The van der Waals surface area contributed by atoms with Crippen molar-refractivity contribution in [2.75, 3.05) is 0 Å². The lowest BCUT2D eigenvalue weighted by Gasteiger charge is -2.30. The SMILES string of the molecule is CCC(CC)(CC)C(=O)NC(C)C1CC1c1ccccc1. The van der Waals surface area contributed by atoms with Gasteiger partial charge in [-0.2, -0.15) is 0 Å². The highest BCUT2D eigenvalue weighted by atomic mass is 16.2. The molecule has 2 heteroatoms. The molecule has 1 fully saturated rings. The molecule has 3 unspecified atom stereocenters. The molecule has 0 aromatic heterocycles. The van der Waals surface area contributed by atoms with Gasteiger partial charge in [-0.1, -0.05) is 51.1 Å². The minimum atomic E-state index is -0.175. The normalized spacial score (nSPS) is 22.7. The molecule has 2 nitrogen and oxygen atoms in total. The van der Waals surface area contributed by atoms with Crippen LogP contribution in [0.1, 0.15) is 64.9 Å². The number of hydrogen-bond acceptors (Lipinski definition) is 1. The van der Waals surface area contributed by atoms with Crippen LogP contribution < -0.4 is 5.32 Å². The van der Waals surface area contributed by atoms with Crippen LogP contribution in [0.4, 0.5) is 0 Å². The van der Waals surface area contributed by atoms with Gasteiger partial charge in [0.1, 0.15) is 0 Å². The van der Waals surface area contributed by atoms with Crippen LogP contribution in [0.5, 0.6) is 0 Å². The van der Waals surface area contributed by atoms with Gasteiger partial charge in [0.15, 0.2) is 0 Å². The van der Waals surface area contributed by atoms with Gasteiger partial charge in [0.05, 0.1) is 0 Å². The van der Waals surface area contributed by atoms with Crippen LogP contribution in [0.15, 0.2) is 30.3 Å². The molecule has 0 saturated heterocycles. The summed E-state index contributed by atoms with van der Waals surface area (Å²) in [6.07, 6.45) is 3.96. The third-order valence-electron chi connectivity index (χ3n) is 5.58. The highest BCUT2D eigenvalue weighted by Crippen LogP contribution is 2.49. The number of carbonyl (C=O) groups excluding carboxylic acids is 1. The first-order valence-electron chi connectivity index (χ1n) is 8.43. The van der Waals surface area contributed by atoms with E-state index in [4.69, 9.17) is 0 Å². The first-order chi connectivity index (χ1) is 10.1. The lowest BCUT2D eigenvalue weighted by Crippen LogP contribution is -2.44. The van der Waals surface area contributed by atoms with Gasteiger partial charge >= 0.3 is 0 Å². The van der Waals surface area contributed by atoms with Crippen LogP contribution in [0.25, 0.3) is 0 Å². The first-order valence-corrected chi connectivity index (χ1v) is 8.43. The van der Waals surface area contributed by atoms with Gasteiger partial charge in [0, 0.05) is 11.5 Å². The van der Waals surface area contributed by atoms with Crippen molar-refractivity contribution in [3.8, 4) is 0 Å². The quantitative estimate of drug-likeness (QED) is 0.785. The van der Waals surface area contributed by atoms with E-state index in [2.05, 4.69) is 63.3 Å². The van der Waals surface area contributed by atoms with Crippen LogP contribution in [-0.4, -0.2) is 11.9 Å². The monoisotopic (exact) mass is 287 g/mol. The summed E-state index contributed by atoms with van der Waals surface area (Å²) >= 11 is 0. The second kappa shape index (κ2) is 6.64. The largest absolute Gasteiger partial charge is 0.353 e. The van der Waals surface area contributed by atoms with E-state index in [0.717, 1.165) is 19.3 Å². The van der Waals surface area contributed by atoms with E-state index in [1.54, 1.807) is 0 Å². The smallest absolute Gasteiger partial charge is 0.226 e. The van der Waals surface area contributed by atoms with Crippen molar-refractivity contribution < 1.29 is 4.79 Å². The fourth-order valence-electron chi connectivity index (χ4n) is 3.55. The maximum atomic E-state index is 12.6. The standard InChI is InChI=1S/C19H29NO/c1-5-19(6-2,7-3)18(21)20-14(4)16-13-17(16)15-11-9-8-10-12-15/h8-12,14,16-17H,5-7,13H2,1-4H3,(H,20,21). The molecule has 1 aliphatic rings. The van der Waals surface area contributed by atoms with Crippen molar-refractivity contribution in [3.63, 3.8) is 0 Å². The number of nitrogens with one attached hydrogen (secondary N) is 1. The Kier molecular flexibility index (Phi) is 5.08. The molecular formula is C19H29NO. The second-order valence-electron chi connectivity index (χ2n) is 6.52. The van der Waals surface area contributed by atoms with E-state index in [9.17, 15) is 4.79 Å². The van der Waals surface area contributed by atoms with Crippen molar-refractivity contribution in [1.29, 1.82) is 0 Å². The lowest BCUT2D eigenvalue weighted by atomic mass is 9.78. The summed E-state index contributed by atoms with van der Waals surface area (Å²) in [5, 5.41) is 3.30. The van der Waals surface area contributed by atoms with Gasteiger partial charge < -0.3 is 5.32 Å². The molecule has 1 aromatic carbocycles. The third kappa shape index (κ3) is 3.30. The molecule has 0 heterocycles. The molecule has 116 valence electrons. The second-order valence-corrected chi connectivity index (χ2v) is 6.52. The molecule has 0 aliphatic heterocycles. The highest BCUT2D eigenvalue weighted by molar-refractivity contribution is 5.82. The minimum absolute atomic E-state index is 0.175. The number of carbonyl (C=O) groups is 1. The number of benzene rings is 1. The van der Waals surface area contributed by atoms with Crippen LogP contribution in [0, 0.1) is 11.3 Å². The summed E-state index contributed by atoms with van der Waals surface area (Å²) < 4.78 is 0. The van der Waals surface area contributed by atoms with Crippen LogP contribution in [-0.2, 0) is 4.79 Å². The number of rotatable bonds is 7. The van der Waals surface area contributed by atoms with E-state index < -0.39 is 0 Å². The molecule has 1 amide bonds. The molecule has 1 saturated carbocycles. The van der Waals surface area contributed by atoms with Gasteiger partial charge in [-0.25, -0.2) is 0 Å². The van der Waals surface area contributed by atoms with Crippen molar-refractivity contribution in [1.82, 2.24) is 5.32 Å². The van der Waals surface area contributed by atoms with Crippen LogP contribution >= 0.6 is 0 Å². The van der Waals surface area contributed by atoms with E-state index >= 15 is 0 Å². The average Bonchev–Trinajstić information content (AvgIpc) is 3.31. The van der Waals surface area contributed by atoms with Crippen LogP contribution in [0.3, 0.4) is 0 Å². The van der Waals surface area contributed by atoms with E-state index in [-0.39, 0.29) is 17.4 Å². The molecule has 0 bridgehead atoms. The maximum absolute atomic E-state index is 12.6. The predicted molar refractivity (Wildman–Crippen MR) is 88.2 cm³/mol. The topological polar surface area (TPSA) is 29.1 Å². The summed E-state index contributed by atoms with van der Waals surface area (Å²) in [7, 11) is 0. The Morgan fingerprint density at radius 1 is 1.19 bits per heavy atom. The van der Waals surface area contributed by atoms with Gasteiger partial charge in [-0.05, 0) is 50.0 Å². The van der Waals surface area contributed by atoms with Crippen molar-refractivity contribution in [2.24, 2.45) is 11.3 Å². The van der Waals surface area contributed by atoms with E-state index in [1.165, 1.54) is 12.0 Å². The van der Waals surface area contributed by atoms with Gasteiger partial charge in [-0.3, -0.25) is 4.79 Å². The first kappa shape index (κ1) is 16.1. The molecule has 21 heavy (non-hydrogen) atoms. The van der Waals surface area contributed by atoms with Crippen molar-refractivity contribution in [2.45, 2.75) is 65.3 Å². The number of amides is 1. The zero-order valence-electron chi connectivity index (χ0n) is 13.9. The summed E-state index contributed by atoms with van der Waals surface area (Å²) in [5.41, 5.74) is 1.24. The minimum Gasteiger partial charge on any atom is -0.353 e. The maximum Gasteiger partial charge on any atom is 0.226 e. The molecular weight excluding hydrogens is 258 g/mol. The Hall–Kier alpha value is -1.31. The Labute approximate surface area is 129 Å². The van der Waals surface area contributed by atoms with E-state index in [1.807, 2.05) is 0 Å². The van der Waals surface area contributed by atoms with Crippen molar-refractivity contribution in [3.05, 3.63) is 35.9 Å². The predicted octanol–water partition coefficient (Wildman–Crippen LogP) is 4.51. The molecule has 0 radical (unpaired) electrons. The molecule has 3 atom stereocenters. The molecule has 1 N–H and O–H groups in total. The zero-order chi connectivity index (χ0) is 15.5. The molecule has 0 spiro atoms. The van der Waals surface area contributed by atoms with Gasteiger partial charge in [0.25, 0.3) is 0 Å². The summed E-state index contributed by atoms with van der Waals surface area (Å²) in [6, 6.07) is 10.9. The van der Waals surface area contributed by atoms with E-state index in [0.29, 0.717) is 11.8 Å². The highest BCUT2D eigenvalue weighted by Gasteiger charge is 2.44. The van der Waals surface area contributed by atoms with Gasteiger partial charge in [0.2, 0.25) is 5.91 Å². The summed E-state index contributed by atoms with van der Waals surface area (Å²) in [4.78, 5) is 12.6. The lowest BCUT2D eigenvalue weighted by molar-refractivity contribution is -0.132. The summed E-state index contributed by atoms with van der Waals surface area (Å²) in [5.74, 6) is 1.47. The molecule has 1 aliphatic carbocycles. The Balaban J connectivity index is 1.94. The Morgan fingerprint density at radius 3 is 2.29 bits per heavy atom. The fraction of sp³-hybridized carbons (Fsp3) is 0.632. The van der Waals surface area contributed by atoms with Gasteiger partial charge in [-0.15, -0.1) is 0 Å². The Bertz CT molecular complexity index is 455. The van der Waals surface area contributed by atoms with Crippen molar-refractivity contribution >= 4 is 5.91 Å². The fourth-order valence-corrected chi connectivity index (χ4v) is 3.55. The average molecular weight is 287 g/mol. The molecule has 1 aromatic rings. The third-order valence-corrected chi connectivity index (χ3v) is 5.58. The van der Waals surface area contributed by atoms with Crippen LogP contribution in [0.2, 0.25) is 0 Å². The number of hydrogen-bond donors (Lipinski definition) is 1. The molecule has 2 rings (SSSR count). The zero-order valence-corrected chi connectivity index (χ0v) is 13.9. The Morgan fingerprint density at radius 2 is 1.76 bits per heavy atom.